The molecule has 2 aromatic heterocycles. The molecule has 5 nitrogen and oxygen atoms in total. The van der Waals surface area contributed by atoms with Crippen molar-refractivity contribution >= 4 is 5.91 Å². The maximum absolute atomic E-state index is 12.0. The molecule has 0 fully saturated rings. The van der Waals surface area contributed by atoms with Crippen LogP contribution >= 0.6 is 0 Å². The monoisotopic (exact) mass is 302 g/mol. The van der Waals surface area contributed by atoms with Crippen LogP contribution in [0.4, 0.5) is 0 Å². The Morgan fingerprint density at radius 3 is 2.64 bits per heavy atom. The van der Waals surface area contributed by atoms with Crippen LogP contribution in [-0.4, -0.2) is 22.5 Å². The molecular weight excluding hydrogens is 280 g/mol. The van der Waals surface area contributed by atoms with Crippen molar-refractivity contribution < 1.29 is 14.3 Å². The Balaban J connectivity index is 1.95. The molecule has 22 heavy (non-hydrogen) atoms. The molecule has 0 bridgehead atoms. The molecular formula is C17H22N2O3. The molecule has 2 aromatic rings. The van der Waals surface area contributed by atoms with E-state index in [1.165, 1.54) is 0 Å². The van der Waals surface area contributed by atoms with Crippen molar-refractivity contribution in [3.8, 4) is 0 Å². The minimum absolute atomic E-state index is 0.130. The number of hydrogen-bond donors (Lipinski definition) is 2. The molecule has 0 saturated heterocycles. The average molecular weight is 302 g/mol. The van der Waals surface area contributed by atoms with Gasteiger partial charge in [0.1, 0.15) is 17.1 Å². The molecule has 0 aliphatic heterocycles. The largest absolute Gasteiger partial charge is 0.466 e. The van der Waals surface area contributed by atoms with Gasteiger partial charge in [-0.15, -0.1) is 0 Å². The summed E-state index contributed by atoms with van der Waals surface area (Å²) in [5.41, 5.74) is 1.29. The highest BCUT2D eigenvalue weighted by Crippen LogP contribution is 2.26. The normalized spacial score (nSPS) is 13.7. The lowest BCUT2D eigenvalue weighted by Gasteiger charge is -2.23. The van der Waals surface area contributed by atoms with E-state index in [2.05, 4.69) is 10.3 Å². The minimum atomic E-state index is -1.16. The van der Waals surface area contributed by atoms with Gasteiger partial charge in [0, 0.05) is 17.5 Å². The van der Waals surface area contributed by atoms with Crippen molar-refractivity contribution in [3.63, 3.8) is 0 Å². The molecule has 2 rings (SSSR count). The van der Waals surface area contributed by atoms with Gasteiger partial charge < -0.3 is 14.8 Å². The maximum Gasteiger partial charge on any atom is 0.224 e. The highest BCUT2D eigenvalue weighted by Gasteiger charge is 2.28. The van der Waals surface area contributed by atoms with Crippen molar-refractivity contribution in [2.24, 2.45) is 0 Å². The number of furan rings is 1. The van der Waals surface area contributed by atoms with Gasteiger partial charge in [0.05, 0.1) is 13.0 Å². The van der Waals surface area contributed by atoms with Crippen LogP contribution in [0.2, 0.25) is 0 Å². The molecule has 0 aliphatic carbocycles. The lowest BCUT2D eigenvalue weighted by Crippen LogP contribution is -2.39. The predicted octanol–water partition coefficient (Wildman–Crippen LogP) is 2.17. The van der Waals surface area contributed by atoms with E-state index in [9.17, 15) is 9.90 Å². The van der Waals surface area contributed by atoms with Gasteiger partial charge in [-0.05, 0) is 45.4 Å². The standard InChI is InChI=1S/C17H22N2O3/c1-11-5-6-14(9-18-11)8-16(20)19-10-17(4,21)15-7-12(2)22-13(15)3/h5-7,9,21H,8,10H2,1-4H3,(H,19,20). The Bertz CT molecular complexity index is 657. The average Bonchev–Trinajstić information content (AvgIpc) is 2.79. The number of aliphatic hydroxyl groups is 1. The number of carbonyl (C=O) groups excluding carboxylic acids is 1. The third kappa shape index (κ3) is 3.95. The highest BCUT2D eigenvalue weighted by molar-refractivity contribution is 5.78. The zero-order chi connectivity index (χ0) is 16.3. The smallest absolute Gasteiger partial charge is 0.224 e. The van der Waals surface area contributed by atoms with E-state index >= 15 is 0 Å². The molecule has 2 N–H and O–H groups in total. The first-order valence-electron chi connectivity index (χ1n) is 7.26. The Morgan fingerprint density at radius 1 is 1.36 bits per heavy atom. The van der Waals surface area contributed by atoms with Crippen molar-refractivity contribution in [1.29, 1.82) is 0 Å². The van der Waals surface area contributed by atoms with Crippen molar-refractivity contribution in [2.75, 3.05) is 6.54 Å². The van der Waals surface area contributed by atoms with Crippen molar-refractivity contribution in [1.82, 2.24) is 10.3 Å². The number of aryl methyl sites for hydroxylation is 3. The summed E-state index contributed by atoms with van der Waals surface area (Å²) in [5, 5.41) is 13.3. The van der Waals surface area contributed by atoms with E-state index in [1.807, 2.05) is 26.0 Å². The lowest BCUT2D eigenvalue weighted by atomic mass is 9.96. The summed E-state index contributed by atoms with van der Waals surface area (Å²) in [6, 6.07) is 5.55. The summed E-state index contributed by atoms with van der Waals surface area (Å²) in [6.07, 6.45) is 1.93. The fourth-order valence-corrected chi connectivity index (χ4v) is 2.38. The minimum Gasteiger partial charge on any atom is -0.466 e. The van der Waals surface area contributed by atoms with Crippen LogP contribution in [0.1, 0.15) is 35.3 Å². The fourth-order valence-electron chi connectivity index (χ4n) is 2.38. The van der Waals surface area contributed by atoms with Crippen molar-refractivity contribution in [2.45, 2.75) is 39.7 Å². The molecule has 2 heterocycles. The number of hydrogen-bond acceptors (Lipinski definition) is 4. The van der Waals surface area contributed by atoms with Crippen LogP contribution in [0, 0.1) is 20.8 Å². The Hall–Kier alpha value is -2.14. The van der Waals surface area contributed by atoms with Gasteiger partial charge in [-0.2, -0.15) is 0 Å². The number of rotatable bonds is 5. The Kier molecular flexibility index (Phi) is 4.66. The molecule has 0 saturated carbocycles. The maximum atomic E-state index is 12.0. The first-order valence-corrected chi connectivity index (χ1v) is 7.26. The molecule has 1 amide bonds. The van der Waals surface area contributed by atoms with Crippen LogP contribution in [0.3, 0.4) is 0 Å². The second-order valence-electron chi connectivity index (χ2n) is 5.86. The van der Waals surface area contributed by atoms with Gasteiger partial charge in [0.15, 0.2) is 0 Å². The molecule has 118 valence electrons. The SMILES string of the molecule is Cc1ccc(CC(=O)NCC(C)(O)c2cc(C)oc2C)cn1. The summed E-state index contributed by atoms with van der Waals surface area (Å²) in [7, 11) is 0. The summed E-state index contributed by atoms with van der Waals surface area (Å²) >= 11 is 0. The van der Waals surface area contributed by atoms with Gasteiger partial charge in [0.2, 0.25) is 5.91 Å². The summed E-state index contributed by atoms with van der Waals surface area (Å²) < 4.78 is 5.43. The third-order valence-corrected chi connectivity index (χ3v) is 3.59. The molecule has 1 unspecified atom stereocenters. The Labute approximate surface area is 130 Å². The number of amides is 1. The van der Waals surface area contributed by atoms with Crippen LogP contribution in [0.5, 0.6) is 0 Å². The van der Waals surface area contributed by atoms with Gasteiger partial charge >= 0.3 is 0 Å². The van der Waals surface area contributed by atoms with E-state index in [-0.39, 0.29) is 18.9 Å². The number of aromatic nitrogens is 1. The molecule has 0 radical (unpaired) electrons. The van der Waals surface area contributed by atoms with Gasteiger partial charge in [-0.1, -0.05) is 6.07 Å². The van der Waals surface area contributed by atoms with Crippen LogP contribution in [0.15, 0.2) is 28.8 Å². The fraction of sp³-hybridized carbons (Fsp3) is 0.412. The van der Waals surface area contributed by atoms with Gasteiger partial charge in [0.25, 0.3) is 0 Å². The first kappa shape index (κ1) is 16.2. The number of nitrogens with one attached hydrogen (secondary N) is 1. The first-order chi connectivity index (χ1) is 10.3. The predicted molar refractivity (Wildman–Crippen MR) is 83.4 cm³/mol. The third-order valence-electron chi connectivity index (χ3n) is 3.59. The van der Waals surface area contributed by atoms with E-state index in [1.54, 1.807) is 26.1 Å². The lowest BCUT2D eigenvalue weighted by molar-refractivity contribution is -0.121. The van der Waals surface area contributed by atoms with Crippen LogP contribution < -0.4 is 5.32 Å². The summed E-state index contributed by atoms with van der Waals surface area (Å²) in [4.78, 5) is 16.2. The van der Waals surface area contributed by atoms with Crippen molar-refractivity contribution in [3.05, 3.63) is 52.7 Å². The van der Waals surface area contributed by atoms with E-state index in [4.69, 9.17) is 4.42 Å². The number of nitrogens with zero attached hydrogens (tertiary/aromatic N) is 1. The Morgan fingerprint density at radius 2 is 2.09 bits per heavy atom. The molecule has 0 aromatic carbocycles. The molecule has 0 spiro atoms. The molecule has 0 aliphatic rings. The van der Waals surface area contributed by atoms with Crippen LogP contribution in [0.25, 0.3) is 0 Å². The van der Waals surface area contributed by atoms with E-state index < -0.39 is 5.60 Å². The topological polar surface area (TPSA) is 75.4 Å². The van der Waals surface area contributed by atoms with Gasteiger partial charge in [-0.25, -0.2) is 0 Å². The van der Waals surface area contributed by atoms with Crippen LogP contribution in [-0.2, 0) is 16.8 Å². The zero-order valence-electron chi connectivity index (χ0n) is 13.4. The number of carbonyl (C=O) groups is 1. The van der Waals surface area contributed by atoms with E-state index in [0.717, 1.165) is 17.0 Å². The van der Waals surface area contributed by atoms with Gasteiger partial charge in [-0.3, -0.25) is 9.78 Å². The summed E-state index contributed by atoms with van der Waals surface area (Å²) in [6.45, 7) is 7.32. The quantitative estimate of drug-likeness (QED) is 0.887. The molecule has 5 heteroatoms. The summed E-state index contributed by atoms with van der Waals surface area (Å²) in [5.74, 6) is 1.26. The molecule has 1 atom stereocenters. The zero-order valence-corrected chi connectivity index (χ0v) is 13.4. The second kappa shape index (κ2) is 6.32. The van der Waals surface area contributed by atoms with E-state index in [0.29, 0.717) is 11.3 Å². The number of pyridine rings is 1. The highest BCUT2D eigenvalue weighted by atomic mass is 16.3. The second-order valence-corrected chi connectivity index (χ2v) is 5.86.